The normalized spacial score (nSPS) is 13.0. The van der Waals surface area contributed by atoms with Gasteiger partial charge in [0.1, 0.15) is 6.04 Å². The first-order valence-electron chi connectivity index (χ1n) is 2.94. The van der Waals surface area contributed by atoms with Crippen LogP contribution < -0.4 is 11.5 Å². The van der Waals surface area contributed by atoms with Crippen molar-refractivity contribution in [1.82, 2.24) is 0 Å². The molecule has 1 atom stereocenters. The first-order chi connectivity index (χ1) is 4.68. The molecule has 4 nitrogen and oxygen atoms in total. The zero-order valence-corrected chi connectivity index (χ0v) is 6.43. The molecule has 5 heteroatoms. The third-order valence-corrected chi connectivity index (χ3v) is 2.00. The zero-order valence-electron chi connectivity index (χ0n) is 5.62. The quantitative estimate of drug-likeness (QED) is 0.362. The van der Waals surface area contributed by atoms with Crippen LogP contribution >= 0.6 is 11.8 Å². The molecule has 0 heterocycles. The number of rotatable bonds is 5. The Morgan fingerprint density at radius 2 is 2.30 bits per heavy atom. The van der Waals surface area contributed by atoms with Gasteiger partial charge >= 0.3 is 5.97 Å². The lowest BCUT2D eigenvalue weighted by Crippen LogP contribution is -2.32. The van der Waals surface area contributed by atoms with E-state index in [0.717, 1.165) is 5.75 Å². The van der Waals surface area contributed by atoms with Gasteiger partial charge in [0.2, 0.25) is 0 Å². The maximum atomic E-state index is 10.1. The molecule has 0 aliphatic carbocycles. The second-order valence-corrected chi connectivity index (χ2v) is 2.96. The number of carboxylic acid groups (broad SMARTS) is 1. The van der Waals surface area contributed by atoms with Gasteiger partial charge in [-0.25, -0.2) is 0 Å². The number of carboxylic acids is 1. The van der Waals surface area contributed by atoms with E-state index >= 15 is 0 Å². The molecule has 5 N–H and O–H groups in total. The summed E-state index contributed by atoms with van der Waals surface area (Å²) < 4.78 is 0. The molecule has 0 saturated carbocycles. The number of carbonyl (C=O) groups is 1. The van der Waals surface area contributed by atoms with E-state index in [0.29, 0.717) is 12.3 Å². The topological polar surface area (TPSA) is 89.3 Å². The van der Waals surface area contributed by atoms with Crippen LogP contribution in [0.4, 0.5) is 0 Å². The smallest absolute Gasteiger partial charge is 0.321 e. The summed E-state index contributed by atoms with van der Waals surface area (Å²) in [4.78, 5) is 10.1. The molecule has 0 radical (unpaired) electrons. The summed E-state index contributed by atoms with van der Waals surface area (Å²) in [5, 5.41) is 8.31. The Labute approximate surface area is 64.0 Å². The molecule has 10 heavy (non-hydrogen) atoms. The molecule has 0 aliphatic heterocycles. The van der Waals surface area contributed by atoms with E-state index in [1.807, 2.05) is 0 Å². The number of hydrogen-bond donors (Lipinski definition) is 3. The average Bonchev–Trinajstić information content (AvgIpc) is 1.88. The highest BCUT2D eigenvalue weighted by molar-refractivity contribution is 7.99. The van der Waals surface area contributed by atoms with E-state index in [2.05, 4.69) is 0 Å². The van der Waals surface area contributed by atoms with Crippen molar-refractivity contribution in [2.24, 2.45) is 11.5 Å². The van der Waals surface area contributed by atoms with E-state index < -0.39 is 12.0 Å². The Morgan fingerprint density at radius 1 is 1.70 bits per heavy atom. The van der Waals surface area contributed by atoms with Crippen molar-refractivity contribution in [2.45, 2.75) is 6.04 Å². The predicted molar refractivity (Wildman–Crippen MR) is 42.0 cm³/mol. The summed E-state index contributed by atoms with van der Waals surface area (Å²) in [5.74, 6) is 0.248. The standard InChI is InChI=1S/C5H12N2O2S/c6-1-2-10-3-4(7)5(8)9/h4H,1-3,6-7H2,(H,8,9)/i2+1. The van der Waals surface area contributed by atoms with Gasteiger partial charge in [0, 0.05) is 18.1 Å². The second kappa shape index (κ2) is 5.52. The van der Waals surface area contributed by atoms with E-state index in [1.165, 1.54) is 11.8 Å². The van der Waals surface area contributed by atoms with Crippen molar-refractivity contribution in [1.29, 1.82) is 0 Å². The van der Waals surface area contributed by atoms with Gasteiger partial charge in [0.25, 0.3) is 0 Å². The second-order valence-electron chi connectivity index (χ2n) is 1.81. The van der Waals surface area contributed by atoms with E-state index in [1.54, 1.807) is 0 Å². The summed E-state index contributed by atoms with van der Waals surface area (Å²) in [7, 11) is 0. The van der Waals surface area contributed by atoms with E-state index in [-0.39, 0.29) is 0 Å². The lowest BCUT2D eigenvalue weighted by Gasteiger charge is -2.03. The molecule has 0 spiro atoms. The fourth-order valence-electron chi connectivity index (χ4n) is 0.365. The first kappa shape index (κ1) is 9.74. The van der Waals surface area contributed by atoms with Crippen molar-refractivity contribution >= 4 is 17.7 Å². The van der Waals surface area contributed by atoms with Crippen molar-refractivity contribution in [3.63, 3.8) is 0 Å². The monoisotopic (exact) mass is 165 g/mol. The molecule has 1 unspecified atom stereocenters. The summed E-state index contributed by atoms with van der Waals surface area (Å²) in [6, 6.07) is -0.753. The molecule has 0 fully saturated rings. The highest BCUT2D eigenvalue weighted by Crippen LogP contribution is 1.99. The molecule has 0 saturated heterocycles. The van der Waals surface area contributed by atoms with Gasteiger partial charge in [-0.15, -0.1) is 0 Å². The first-order valence-corrected chi connectivity index (χ1v) is 4.10. The lowest BCUT2D eigenvalue weighted by molar-refractivity contribution is -0.137. The van der Waals surface area contributed by atoms with E-state index in [4.69, 9.17) is 16.6 Å². The number of hydrogen-bond acceptors (Lipinski definition) is 4. The third kappa shape index (κ3) is 4.60. The zero-order chi connectivity index (χ0) is 7.98. The number of nitrogens with two attached hydrogens (primary N) is 2. The summed E-state index contributed by atoms with van der Waals surface area (Å²) >= 11 is 1.46. The van der Waals surface area contributed by atoms with Crippen LogP contribution in [0.15, 0.2) is 0 Å². The van der Waals surface area contributed by atoms with Gasteiger partial charge in [-0.2, -0.15) is 11.8 Å². The maximum Gasteiger partial charge on any atom is 0.321 e. The van der Waals surface area contributed by atoms with Crippen LogP contribution in [-0.4, -0.2) is 35.2 Å². The number of aliphatic carboxylic acids is 1. The van der Waals surface area contributed by atoms with E-state index in [9.17, 15) is 4.79 Å². The minimum atomic E-state index is -0.954. The molecule has 0 bridgehead atoms. The van der Waals surface area contributed by atoms with Crippen molar-refractivity contribution in [3.05, 3.63) is 0 Å². The largest absolute Gasteiger partial charge is 0.480 e. The molecule has 0 aliphatic rings. The Balaban J connectivity index is 3.21. The van der Waals surface area contributed by atoms with Gasteiger partial charge in [0.15, 0.2) is 0 Å². The summed E-state index contributed by atoms with van der Waals surface area (Å²) in [6.07, 6.45) is 0. The molecule has 60 valence electrons. The molecule has 0 rings (SSSR count). The van der Waals surface area contributed by atoms with Gasteiger partial charge < -0.3 is 16.6 Å². The Bertz CT molecular complexity index is 110. The average molecular weight is 165 g/mol. The molecular formula is C5H12N2O2S. The minimum absolute atomic E-state index is 0.437. The Kier molecular flexibility index (Phi) is 5.38. The Hall–Kier alpha value is -0.260. The summed E-state index contributed by atoms with van der Waals surface area (Å²) in [6.45, 7) is 0.566. The SMILES string of the molecule is NC[13CH2]SCC(N)C(=O)O. The fourth-order valence-corrected chi connectivity index (χ4v) is 1.09. The van der Waals surface area contributed by atoms with Gasteiger partial charge in [-0.05, 0) is 0 Å². The van der Waals surface area contributed by atoms with Crippen molar-refractivity contribution < 1.29 is 9.90 Å². The molecular weight excluding hydrogens is 153 g/mol. The van der Waals surface area contributed by atoms with Crippen LogP contribution in [0.2, 0.25) is 0 Å². The number of thioether (sulfide) groups is 1. The van der Waals surface area contributed by atoms with Crippen LogP contribution in [0.3, 0.4) is 0 Å². The lowest BCUT2D eigenvalue weighted by atomic mass is 10.4. The third-order valence-electron chi connectivity index (χ3n) is 0.877. The van der Waals surface area contributed by atoms with Crippen LogP contribution in [-0.2, 0) is 4.79 Å². The Morgan fingerprint density at radius 3 is 2.70 bits per heavy atom. The van der Waals surface area contributed by atoms with Crippen LogP contribution in [0, 0.1) is 0 Å². The van der Waals surface area contributed by atoms with Gasteiger partial charge in [0.05, 0.1) is 0 Å². The van der Waals surface area contributed by atoms with Crippen molar-refractivity contribution in [2.75, 3.05) is 18.1 Å². The van der Waals surface area contributed by atoms with Gasteiger partial charge in [-0.1, -0.05) is 0 Å². The fraction of sp³-hybridized carbons (Fsp3) is 0.800. The summed E-state index contributed by atoms with van der Waals surface area (Å²) in [5.41, 5.74) is 10.4. The molecule has 0 aromatic heterocycles. The van der Waals surface area contributed by atoms with Crippen molar-refractivity contribution in [3.8, 4) is 0 Å². The molecule has 0 amide bonds. The van der Waals surface area contributed by atoms with Crippen LogP contribution in [0.25, 0.3) is 0 Å². The highest BCUT2D eigenvalue weighted by Gasteiger charge is 2.09. The van der Waals surface area contributed by atoms with Gasteiger partial charge in [-0.3, -0.25) is 4.79 Å². The van der Waals surface area contributed by atoms with Crippen LogP contribution in [0.5, 0.6) is 0 Å². The molecule has 0 aromatic rings. The maximum absolute atomic E-state index is 10.1. The molecule has 0 aromatic carbocycles. The van der Waals surface area contributed by atoms with Crippen LogP contribution in [0.1, 0.15) is 0 Å². The highest BCUT2D eigenvalue weighted by atomic mass is 32.2. The predicted octanol–water partition coefficient (Wildman–Crippen LogP) is -0.910. The minimum Gasteiger partial charge on any atom is -0.480 e.